The Morgan fingerprint density at radius 3 is 2.69 bits per heavy atom. The molecule has 2 aliphatic rings. The molecule has 2 fully saturated rings. The van der Waals surface area contributed by atoms with Gasteiger partial charge >= 0.3 is 6.09 Å². The molecule has 3 rings (SSSR count). The van der Waals surface area contributed by atoms with Gasteiger partial charge in [-0.2, -0.15) is 0 Å². The van der Waals surface area contributed by atoms with Crippen molar-refractivity contribution in [1.82, 2.24) is 4.90 Å². The van der Waals surface area contributed by atoms with Crippen LogP contribution in [-0.2, 0) is 9.53 Å². The predicted molar refractivity (Wildman–Crippen MR) is 122 cm³/mol. The Hall–Kier alpha value is -0.960. The summed E-state index contributed by atoms with van der Waals surface area (Å²) in [6.45, 7) is 1.82. The molecule has 0 aromatic heterocycles. The monoisotopic (exact) mass is 499 g/mol. The summed E-state index contributed by atoms with van der Waals surface area (Å²) in [4.78, 5) is 27.2. The van der Waals surface area contributed by atoms with Crippen molar-refractivity contribution in [3.05, 3.63) is 46.2 Å². The van der Waals surface area contributed by atoms with Crippen LogP contribution >= 0.6 is 39.5 Å². The molecule has 0 aliphatic carbocycles. The molecule has 2 amide bonds. The minimum atomic E-state index is -0.841. The molecule has 29 heavy (non-hydrogen) atoms. The normalized spacial score (nSPS) is 24.2. The van der Waals surface area contributed by atoms with Crippen LogP contribution in [0, 0.1) is 5.92 Å². The number of amides is 2. The predicted octanol–water partition coefficient (Wildman–Crippen LogP) is 4.96. The van der Waals surface area contributed by atoms with Gasteiger partial charge < -0.3 is 9.84 Å². The van der Waals surface area contributed by atoms with Crippen molar-refractivity contribution in [2.45, 2.75) is 44.4 Å². The van der Waals surface area contributed by atoms with E-state index in [-0.39, 0.29) is 5.91 Å². The first-order chi connectivity index (χ1) is 14.0. The molecule has 8 heteroatoms. The highest BCUT2D eigenvalue weighted by molar-refractivity contribution is 9.09. The lowest BCUT2D eigenvalue weighted by Gasteiger charge is -2.27. The van der Waals surface area contributed by atoms with Crippen LogP contribution in [0.4, 0.5) is 4.79 Å². The van der Waals surface area contributed by atoms with Gasteiger partial charge in [0.15, 0.2) is 0 Å². The Labute approximate surface area is 188 Å². The summed E-state index contributed by atoms with van der Waals surface area (Å²) in [7, 11) is 0. The fourth-order valence-corrected chi connectivity index (χ4v) is 6.31. The Morgan fingerprint density at radius 1 is 1.34 bits per heavy atom. The molecule has 0 saturated carbocycles. The van der Waals surface area contributed by atoms with Gasteiger partial charge in [0.2, 0.25) is 5.91 Å². The molecule has 1 aromatic rings. The maximum absolute atomic E-state index is 13.4. The zero-order valence-corrected chi connectivity index (χ0v) is 19.5. The minimum absolute atomic E-state index is 0.387. The number of cyclic esters (lactones) is 1. The SMILES string of the molecule is C[C@@H]1[C@H](c2ccccc2)OC(=O)N1C(=O)[C@@H](C=C1SCCCS1)[C@H](O)CCCBr. The number of aliphatic hydroxyl groups excluding tert-OH is 1. The average molecular weight is 500 g/mol. The number of aliphatic hydroxyl groups is 1. The molecule has 0 bridgehead atoms. The minimum Gasteiger partial charge on any atom is -0.439 e. The number of carbonyl (C=O) groups is 2. The lowest BCUT2D eigenvalue weighted by molar-refractivity contribution is -0.135. The summed E-state index contributed by atoms with van der Waals surface area (Å²) in [6.07, 6.45) is 2.24. The summed E-state index contributed by atoms with van der Waals surface area (Å²) in [5.74, 6) is 0.874. The smallest absolute Gasteiger partial charge is 0.417 e. The maximum atomic E-state index is 13.4. The Balaban J connectivity index is 1.83. The molecular weight excluding hydrogens is 474 g/mol. The van der Waals surface area contributed by atoms with E-state index in [1.54, 1.807) is 23.5 Å². The van der Waals surface area contributed by atoms with Gasteiger partial charge in [0.1, 0.15) is 6.10 Å². The molecule has 1 aromatic carbocycles. The van der Waals surface area contributed by atoms with E-state index in [0.717, 1.165) is 39.5 Å². The molecule has 0 radical (unpaired) electrons. The van der Waals surface area contributed by atoms with Gasteiger partial charge in [-0.25, -0.2) is 9.69 Å². The average Bonchev–Trinajstić information content (AvgIpc) is 3.05. The second-order valence-corrected chi connectivity index (χ2v) is 10.4. The lowest BCUT2D eigenvalue weighted by atomic mass is 9.95. The number of thioether (sulfide) groups is 2. The number of nitrogens with zero attached hydrogens (tertiary/aromatic N) is 1. The topological polar surface area (TPSA) is 66.8 Å². The second kappa shape index (κ2) is 10.9. The van der Waals surface area contributed by atoms with Crippen LogP contribution in [0.5, 0.6) is 0 Å². The molecule has 2 saturated heterocycles. The summed E-state index contributed by atoms with van der Waals surface area (Å²) in [6, 6.07) is 9.01. The highest BCUT2D eigenvalue weighted by atomic mass is 79.9. The van der Waals surface area contributed by atoms with E-state index in [4.69, 9.17) is 4.74 Å². The van der Waals surface area contributed by atoms with Crippen LogP contribution in [0.25, 0.3) is 0 Å². The summed E-state index contributed by atoms with van der Waals surface area (Å²) in [5.41, 5.74) is 0.858. The van der Waals surface area contributed by atoms with Gasteiger partial charge in [0.05, 0.1) is 18.1 Å². The first-order valence-corrected chi connectivity index (χ1v) is 12.9. The van der Waals surface area contributed by atoms with Crippen LogP contribution in [0.2, 0.25) is 0 Å². The van der Waals surface area contributed by atoms with E-state index >= 15 is 0 Å². The fourth-order valence-electron chi connectivity index (χ4n) is 3.51. The number of alkyl halides is 1. The number of carbonyl (C=O) groups excluding carboxylic acids is 2. The molecule has 2 aliphatic heterocycles. The number of halogens is 1. The van der Waals surface area contributed by atoms with E-state index < -0.39 is 30.3 Å². The van der Waals surface area contributed by atoms with Crippen LogP contribution < -0.4 is 0 Å². The molecule has 0 unspecified atom stereocenters. The molecular formula is C21H26BrNO4S2. The van der Waals surface area contributed by atoms with Gasteiger partial charge in [0.25, 0.3) is 0 Å². The maximum Gasteiger partial charge on any atom is 0.417 e. The van der Waals surface area contributed by atoms with Crippen molar-refractivity contribution in [3.63, 3.8) is 0 Å². The standard InChI is InChI=1S/C21H26BrNO4S2/c1-14-19(15-7-3-2-4-8-15)27-21(26)23(14)20(25)16(17(24)9-5-10-22)13-18-28-11-6-12-29-18/h2-4,7-8,13-14,16-17,19,24H,5-6,9-12H2,1H3/t14-,16+,17-,19-/m1/s1. The van der Waals surface area contributed by atoms with Crippen molar-refractivity contribution in [1.29, 1.82) is 0 Å². The Bertz CT molecular complexity index is 737. The first-order valence-electron chi connectivity index (χ1n) is 9.83. The van der Waals surface area contributed by atoms with Crippen molar-refractivity contribution < 1.29 is 19.4 Å². The van der Waals surface area contributed by atoms with Crippen molar-refractivity contribution >= 4 is 51.5 Å². The van der Waals surface area contributed by atoms with Gasteiger partial charge in [0, 0.05) is 9.57 Å². The van der Waals surface area contributed by atoms with E-state index in [1.165, 1.54) is 4.90 Å². The summed E-state index contributed by atoms with van der Waals surface area (Å²) in [5, 5.41) is 11.5. The molecule has 158 valence electrons. The van der Waals surface area contributed by atoms with E-state index in [9.17, 15) is 14.7 Å². The first kappa shape index (κ1) is 22.7. The number of imide groups is 1. The largest absolute Gasteiger partial charge is 0.439 e. The highest BCUT2D eigenvalue weighted by Gasteiger charge is 2.46. The van der Waals surface area contributed by atoms with Crippen molar-refractivity contribution in [2.75, 3.05) is 16.8 Å². The van der Waals surface area contributed by atoms with E-state index in [2.05, 4.69) is 15.9 Å². The van der Waals surface area contributed by atoms with Crippen LogP contribution in [0.15, 0.2) is 40.6 Å². The van der Waals surface area contributed by atoms with Crippen molar-refractivity contribution in [3.8, 4) is 0 Å². The third-order valence-corrected chi connectivity index (χ3v) is 8.16. The summed E-state index contributed by atoms with van der Waals surface area (Å²) < 4.78 is 6.59. The number of ether oxygens (including phenoxy) is 1. The van der Waals surface area contributed by atoms with Gasteiger partial charge in [-0.15, -0.1) is 23.5 Å². The van der Waals surface area contributed by atoms with Crippen LogP contribution in [0.1, 0.15) is 37.9 Å². The molecule has 2 heterocycles. The van der Waals surface area contributed by atoms with Crippen LogP contribution in [-0.4, -0.2) is 51.0 Å². The second-order valence-electron chi connectivity index (χ2n) is 7.12. The highest BCUT2D eigenvalue weighted by Crippen LogP contribution is 2.38. The number of hydrogen-bond acceptors (Lipinski definition) is 6. The Morgan fingerprint density at radius 2 is 2.03 bits per heavy atom. The number of rotatable bonds is 7. The van der Waals surface area contributed by atoms with Crippen molar-refractivity contribution in [2.24, 2.45) is 5.92 Å². The summed E-state index contributed by atoms with van der Waals surface area (Å²) >= 11 is 6.79. The van der Waals surface area contributed by atoms with Crippen LogP contribution in [0.3, 0.4) is 0 Å². The zero-order valence-electron chi connectivity index (χ0n) is 16.3. The van der Waals surface area contributed by atoms with Gasteiger partial charge in [-0.05, 0) is 49.3 Å². The number of hydrogen-bond donors (Lipinski definition) is 1. The quantitative estimate of drug-likeness (QED) is 0.534. The molecule has 0 spiro atoms. The fraction of sp³-hybridized carbons (Fsp3) is 0.524. The van der Waals surface area contributed by atoms with Gasteiger partial charge in [-0.3, -0.25) is 4.79 Å². The molecule has 1 N–H and O–H groups in total. The Kier molecular flexibility index (Phi) is 8.53. The van der Waals surface area contributed by atoms with Gasteiger partial charge in [-0.1, -0.05) is 46.3 Å². The van der Waals surface area contributed by atoms with E-state index in [1.807, 2.05) is 43.3 Å². The lowest BCUT2D eigenvalue weighted by Crippen LogP contribution is -2.44. The molecule has 4 atom stereocenters. The molecule has 5 nitrogen and oxygen atoms in total. The third kappa shape index (κ3) is 5.60. The number of benzene rings is 1. The zero-order chi connectivity index (χ0) is 20.8. The third-order valence-electron chi connectivity index (χ3n) is 5.06. The van der Waals surface area contributed by atoms with E-state index in [0.29, 0.717) is 6.42 Å².